The second-order valence-electron chi connectivity index (χ2n) is 4.31. The summed E-state index contributed by atoms with van der Waals surface area (Å²) in [5.74, 6) is -0.427. The third-order valence-corrected chi connectivity index (χ3v) is 4.53. The van der Waals surface area contributed by atoms with Gasteiger partial charge in [-0.3, -0.25) is 14.0 Å². The average Bonchev–Trinajstić information content (AvgIpc) is 2.96. The third kappa shape index (κ3) is 2.74. The lowest BCUT2D eigenvalue weighted by molar-refractivity contribution is 0.0949. The fourth-order valence-corrected chi connectivity index (χ4v) is 2.99. The van der Waals surface area contributed by atoms with E-state index in [1.807, 2.05) is 24.3 Å². The van der Waals surface area contributed by atoms with Gasteiger partial charge in [-0.15, -0.1) is 11.3 Å². The van der Waals surface area contributed by atoms with Gasteiger partial charge in [-0.2, -0.15) is 0 Å². The van der Waals surface area contributed by atoms with E-state index in [-0.39, 0.29) is 11.1 Å². The number of nitrogens with zero attached hydrogens (tertiary/aromatic N) is 2. The molecular weight excluding hydrogens is 354 g/mol. The minimum Gasteiger partial charge on any atom is -0.348 e. The normalized spacial score (nSPS) is 10.7. The quantitative estimate of drug-likeness (QED) is 0.777. The molecule has 0 aliphatic carbocycles. The van der Waals surface area contributed by atoms with Gasteiger partial charge >= 0.3 is 0 Å². The second kappa shape index (κ2) is 5.79. The first-order valence-electron chi connectivity index (χ1n) is 6.13. The van der Waals surface area contributed by atoms with E-state index in [2.05, 4.69) is 26.2 Å². The maximum atomic E-state index is 12.2. The number of amides is 1. The van der Waals surface area contributed by atoms with E-state index >= 15 is 0 Å². The van der Waals surface area contributed by atoms with Crippen molar-refractivity contribution >= 4 is 38.1 Å². The molecule has 21 heavy (non-hydrogen) atoms. The molecule has 0 unspecified atom stereocenters. The van der Waals surface area contributed by atoms with Gasteiger partial charge in [0.25, 0.3) is 11.5 Å². The van der Waals surface area contributed by atoms with Crippen LogP contribution in [0.15, 0.2) is 51.3 Å². The molecule has 7 heteroatoms. The number of benzene rings is 1. The minimum absolute atomic E-state index is 0.0398. The van der Waals surface area contributed by atoms with Crippen LogP contribution in [0, 0.1) is 0 Å². The summed E-state index contributed by atoms with van der Waals surface area (Å²) >= 11 is 4.76. The van der Waals surface area contributed by atoms with Crippen molar-refractivity contribution in [3.63, 3.8) is 0 Å². The van der Waals surface area contributed by atoms with Gasteiger partial charge in [0.2, 0.25) is 0 Å². The summed E-state index contributed by atoms with van der Waals surface area (Å²) in [4.78, 5) is 29.0. The van der Waals surface area contributed by atoms with Gasteiger partial charge in [-0.1, -0.05) is 34.1 Å². The topological polar surface area (TPSA) is 63.5 Å². The zero-order valence-corrected chi connectivity index (χ0v) is 13.1. The van der Waals surface area contributed by atoms with E-state index in [4.69, 9.17) is 0 Å². The molecule has 2 heterocycles. The minimum atomic E-state index is -0.427. The zero-order valence-electron chi connectivity index (χ0n) is 10.7. The number of nitrogens with one attached hydrogen (secondary N) is 1. The van der Waals surface area contributed by atoms with Crippen molar-refractivity contribution in [3.05, 3.63) is 68.0 Å². The molecule has 1 N–H and O–H groups in total. The highest BCUT2D eigenvalue weighted by atomic mass is 79.9. The van der Waals surface area contributed by atoms with E-state index in [9.17, 15) is 9.59 Å². The molecule has 3 rings (SSSR count). The summed E-state index contributed by atoms with van der Waals surface area (Å²) in [5.41, 5.74) is 0.624. The average molecular weight is 364 g/mol. The Kier molecular flexibility index (Phi) is 3.85. The van der Waals surface area contributed by atoms with Gasteiger partial charge in [0.15, 0.2) is 4.96 Å². The summed E-state index contributed by atoms with van der Waals surface area (Å²) in [6, 6.07) is 7.59. The fraction of sp³-hybridized carbons (Fsp3) is 0.0714. The molecule has 0 aliphatic rings. The first kappa shape index (κ1) is 14.0. The van der Waals surface area contributed by atoms with E-state index < -0.39 is 5.91 Å². The molecule has 106 valence electrons. The molecule has 1 amide bonds. The molecule has 5 nitrogen and oxygen atoms in total. The highest BCUT2D eigenvalue weighted by molar-refractivity contribution is 9.10. The standard InChI is InChI=1S/C14H10BrN3O2S/c15-11-4-2-1-3-9(11)7-16-12(19)10-8-17-14-18(13(10)20)5-6-21-14/h1-6,8H,7H2,(H,16,19). The molecule has 0 saturated carbocycles. The molecule has 0 fully saturated rings. The van der Waals surface area contributed by atoms with Crippen LogP contribution >= 0.6 is 27.3 Å². The van der Waals surface area contributed by atoms with Crippen molar-refractivity contribution in [2.24, 2.45) is 0 Å². The molecule has 0 atom stereocenters. The highest BCUT2D eigenvalue weighted by Gasteiger charge is 2.13. The number of hydrogen-bond donors (Lipinski definition) is 1. The van der Waals surface area contributed by atoms with Crippen LogP contribution in [-0.2, 0) is 6.54 Å². The summed E-state index contributed by atoms with van der Waals surface area (Å²) in [7, 11) is 0. The van der Waals surface area contributed by atoms with Crippen LogP contribution in [0.1, 0.15) is 15.9 Å². The van der Waals surface area contributed by atoms with Crippen LogP contribution in [0.5, 0.6) is 0 Å². The molecule has 3 aromatic rings. The summed E-state index contributed by atoms with van der Waals surface area (Å²) in [6.45, 7) is 0.339. The molecule has 0 saturated heterocycles. The number of carbonyl (C=O) groups excluding carboxylic acids is 1. The molecule has 0 aliphatic heterocycles. The Labute approximate surface area is 132 Å². The summed E-state index contributed by atoms with van der Waals surface area (Å²) in [5, 5.41) is 4.49. The van der Waals surface area contributed by atoms with Crippen LogP contribution in [0.25, 0.3) is 4.96 Å². The van der Waals surface area contributed by atoms with Crippen molar-refractivity contribution < 1.29 is 4.79 Å². The van der Waals surface area contributed by atoms with Gasteiger partial charge in [0, 0.05) is 28.8 Å². The van der Waals surface area contributed by atoms with Crippen LogP contribution < -0.4 is 10.9 Å². The zero-order chi connectivity index (χ0) is 14.8. The van der Waals surface area contributed by atoms with Crippen LogP contribution in [-0.4, -0.2) is 15.3 Å². The Morgan fingerprint density at radius 1 is 1.38 bits per heavy atom. The Hall–Kier alpha value is -1.99. The van der Waals surface area contributed by atoms with E-state index in [1.165, 1.54) is 21.9 Å². The first-order valence-corrected chi connectivity index (χ1v) is 7.80. The van der Waals surface area contributed by atoms with Gasteiger partial charge in [-0.25, -0.2) is 4.98 Å². The Morgan fingerprint density at radius 3 is 3.00 bits per heavy atom. The Balaban J connectivity index is 1.83. The first-order chi connectivity index (χ1) is 10.2. The van der Waals surface area contributed by atoms with Crippen LogP contribution in [0.2, 0.25) is 0 Å². The number of thiazole rings is 1. The van der Waals surface area contributed by atoms with Crippen molar-refractivity contribution in [3.8, 4) is 0 Å². The lowest BCUT2D eigenvalue weighted by Gasteiger charge is -2.06. The highest BCUT2D eigenvalue weighted by Crippen LogP contribution is 2.15. The largest absolute Gasteiger partial charge is 0.348 e. The van der Waals surface area contributed by atoms with E-state index in [0.717, 1.165) is 10.0 Å². The molecule has 0 radical (unpaired) electrons. The fourth-order valence-electron chi connectivity index (χ4n) is 1.89. The van der Waals surface area contributed by atoms with E-state index in [1.54, 1.807) is 11.6 Å². The predicted octanol–water partition coefficient (Wildman–Crippen LogP) is 2.45. The van der Waals surface area contributed by atoms with Gasteiger partial charge < -0.3 is 5.32 Å². The maximum Gasteiger partial charge on any atom is 0.271 e. The Morgan fingerprint density at radius 2 is 2.19 bits per heavy atom. The molecule has 1 aromatic carbocycles. The number of rotatable bonds is 3. The SMILES string of the molecule is O=C(NCc1ccccc1Br)c1cnc2sccn2c1=O. The molecule has 2 aromatic heterocycles. The summed E-state index contributed by atoms with van der Waals surface area (Å²) < 4.78 is 2.28. The van der Waals surface area contributed by atoms with Crippen molar-refractivity contribution in [2.75, 3.05) is 0 Å². The second-order valence-corrected chi connectivity index (χ2v) is 6.03. The van der Waals surface area contributed by atoms with Crippen molar-refractivity contribution in [2.45, 2.75) is 6.54 Å². The third-order valence-electron chi connectivity index (χ3n) is 2.98. The smallest absolute Gasteiger partial charge is 0.271 e. The number of carbonyl (C=O) groups is 1. The van der Waals surface area contributed by atoms with Gasteiger partial charge in [-0.05, 0) is 11.6 Å². The van der Waals surface area contributed by atoms with Gasteiger partial charge in [0.05, 0.1) is 0 Å². The lowest BCUT2D eigenvalue weighted by Crippen LogP contribution is -2.30. The monoisotopic (exact) mass is 363 g/mol. The van der Waals surface area contributed by atoms with Gasteiger partial charge in [0.1, 0.15) is 5.56 Å². The molecule has 0 bridgehead atoms. The van der Waals surface area contributed by atoms with E-state index in [0.29, 0.717) is 11.5 Å². The van der Waals surface area contributed by atoms with Crippen molar-refractivity contribution in [1.29, 1.82) is 0 Å². The van der Waals surface area contributed by atoms with Crippen LogP contribution in [0.3, 0.4) is 0 Å². The summed E-state index contributed by atoms with van der Waals surface area (Å²) in [6.07, 6.45) is 2.93. The van der Waals surface area contributed by atoms with Crippen molar-refractivity contribution in [1.82, 2.24) is 14.7 Å². The number of halogens is 1. The van der Waals surface area contributed by atoms with Crippen LogP contribution in [0.4, 0.5) is 0 Å². The maximum absolute atomic E-state index is 12.2. The predicted molar refractivity (Wildman–Crippen MR) is 84.7 cm³/mol. The number of aromatic nitrogens is 2. The molecular formula is C14H10BrN3O2S. The number of fused-ring (bicyclic) bond motifs is 1. The lowest BCUT2D eigenvalue weighted by atomic mass is 10.2. The Bertz CT molecular complexity index is 872. The molecule has 0 spiro atoms. The number of hydrogen-bond acceptors (Lipinski definition) is 4.